The number of carbonyl (C=O) groups excluding carboxylic acids is 1. The second-order valence-corrected chi connectivity index (χ2v) is 5.56. The molecule has 0 radical (unpaired) electrons. The van der Waals surface area contributed by atoms with Gasteiger partial charge in [0, 0.05) is 44.2 Å². The zero-order chi connectivity index (χ0) is 16.2. The molecule has 0 fully saturated rings. The normalized spacial score (nSPS) is 17.7. The smallest absolute Gasteiger partial charge is 0.257 e. The highest BCUT2D eigenvalue weighted by Crippen LogP contribution is 2.19. The number of aromatic nitrogens is 3. The molecule has 23 heavy (non-hydrogen) atoms. The van der Waals surface area contributed by atoms with Crippen molar-refractivity contribution >= 4 is 5.91 Å². The summed E-state index contributed by atoms with van der Waals surface area (Å²) in [6, 6.07) is 1.41. The van der Waals surface area contributed by atoms with Gasteiger partial charge in [-0.15, -0.1) is 0 Å². The van der Waals surface area contributed by atoms with Gasteiger partial charge in [-0.1, -0.05) is 0 Å². The van der Waals surface area contributed by atoms with Gasteiger partial charge in [-0.2, -0.15) is 0 Å². The van der Waals surface area contributed by atoms with E-state index in [1.807, 2.05) is 17.7 Å². The number of pyridine rings is 1. The van der Waals surface area contributed by atoms with Gasteiger partial charge < -0.3 is 14.2 Å². The number of hydrogen-bond donors (Lipinski definition) is 0. The van der Waals surface area contributed by atoms with Gasteiger partial charge in [-0.25, -0.2) is 9.37 Å². The van der Waals surface area contributed by atoms with Crippen LogP contribution in [0.2, 0.25) is 0 Å². The van der Waals surface area contributed by atoms with Crippen molar-refractivity contribution in [3.63, 3.8) is 0 Å². The summed E-state index contributed by atoms with van der Waals surface area (Å²) in [5, 5.41) is 0. The molecular formula is C16H19FN4O2. The number of carbonyl (C=O) groups is 1. The van der Waals surface area contributed by atoms with Gasteiger partial charge in [0.2, 0.25) is 0 Å². The maximum Gasteiger partial charge on any atom is 0.257 e. The maximum absolute atomic E-state index is 13.9. The van der Waals surface area contributed by atoms with Gasteiger partial charge >= 0.3 is 0 Å². The van der Waals surface area contributed by atoms with E-state index in [9.17, 15) is 9.18 Å². The molecule has 1 aliphatic rings. The number of halogens is 1. The first-order chi connectivity index (χ1) is 11.2. The fourth-order valence-electron chi connectivity index (χ4n) is 2.80. The number of fused-ring (bicyclic) bond motifs is 1. The Balaban J connectivity index is 1.85. The molecule has 3 heterocycles. The lowest BCUT2D eigenvalue weighted by atomic mass is 10.1. The highest BCUT2D eigenvalue weighted by Gasteiger charge is 2.27. The van der Waals surface area contributed by atoms with E-state index in [0.717, 1.165) is 18.6 Å². The summed E-state index contributed by atoms with van der Waals surface area (Å²) >= 11 is 0. The first-order valence-electron chi connectivity index (χ1n) is 7.65. The Labute approximate surface area is 133 Å². The number of amides is 1. The van der Waals surface area contributed by atoms with Crippen LogP contribution in [0, 0.1) is 11.7 Å². The molecule has 2 aromatic heterocycles. The number of hydrogen-bond acceptors (Lipinski definition) is 4. The van der Waals surface area contributed by atoms with E-state index in [1.165, 1.54) is 12.3 Å². The zero-order valence-electron chi connectivity index (χ0n) is 13.0. The van der Waals surface area contributed by atoms with Gasteiger partial charge in [0.05, 0.1) is 24.9 Å². The molecule has 0 unspecified atom stereocenters. The third kappa shape index (κ3) is 3.39. The molecule has 0 aromatic carbocycles. The van der Waals surface area contributed by atoms with Crippen LogP contribution in [-0.2, 0) is 17.8 Å². The molecule has 1 aliphatic heterocycles. The van der Waals surface area contributed by atoms with Crippen molar-refractivity contribution in [1.82, 2.24) is 19.4 Å². The first-order valence-corrected chi connectivity index (χ1v) is 7.65. The minimum absolute atomic E-state index is 0.0372. The summed E-state index contributed by atoms with van der Waals surface area (Å²) in [6.07, 6.45) is 6.10. The lowest BCUT2D eigenvalue weighted by Gasteiger charge is -2.24. The molecule has 0 bridgehead atoms. The number of imidazole rings is 1. The Hall–Kier alpha value is -2.28. The van der Waals surface area contributed by atoms with Crippen molar-refractivity contribution in [2.45, 2.75) is 20.0 Å². The first kappa shape index (κ1) is 15.6. The Morgan fingerprint density at radius 3 is 3.09 bits per heavy atom. The topological polar surface area (TPSA) is 60.2 Å². The maximum atomic E-state index is 13.9. The van der Waals surface area contributed by atoms with E-state index in [-0.39, 0.29) is 17.4 Å². The van der Waals surface area contributed by atoms with Crippen molar-refractivity contribution in [3.8, 4) is 0 Å². The molecule has 3 rings (SSSR count). The van der Waals surface area contributed by atoms with E-state index in [2.05, 4.69) is 9.97 Å². The van der Waals surface area contributed by atoms with Crippen LogP contribution >= 0.6 is 0 Å². The van der Waals surface area contributed by atoms with E-state index in [0.29, 0.717) is 26.3 Å². The zero-order valence-corrected chi connectivity index (χ0v) is 13.0. The van der Waals surface area contributed by atoms with Crippen LogP contribution in [0.5, 0.6) is 0 Å². The van der Waals surface area contributed by atoms with E-state index < -0.39 is 5.82 Å². The van der Waals surface area contributed by atoms with E-state index >= 15 is 0 Å². The Morgan fingerprint density at radius 1 is 1.43 bits per heavy atom. The van der Waals surface area contributed by atoms with Crippen LogP contribution in [-0.4, -0.2) is 45.1 Å². The summed E-state index contributed by atoms with van der Waals surface area (Å²) in [7, 11) is 0. The van der Waals surface area contributed by atoms with Gasteiger partial charge in [0.1, 0.15) is 5.82 Å². The second-order valence-electron chi connectivity index (χ2n) is 5.56. The third-order valence-corrected chi connectivity index (χ3v) is 3.92. The molecule has 122 valence electrons. The predicted molar refractivity (Wildman–Crippen MR) is 81.1 cm³/mol. The van der Waals surface area contributed by atoms with Crippen molar-refractivity contribution in [1.29, 1.82) is 0 Å². The van der Waals surface area contributed by atoms with E-state index in [4.69, 9.17) is 4.74 Å². The molecule has 0 aliphatic carbocycles. The molecular weight excluding hydrogens is 299 g/mol. The number of rotatable bonds is 4. The molecule has 1 amide bonds. The van der Waals surface area contributed by atoms with Crippen LogP contribution in [0.1, 0.15) is 23.1 Å². The molecule has 7 heteroatoms. The Kier molecular flexibility index (Phi) is 4.66. The fourth-order valence-corrected chi connectivity index (χ4v) is 2.80. The largest absolute Gasteiger partial charge is 0.381 e. The third-order valence-electron chi connectivity index (χ3n) is 3.92. The molecule has 0 saturated carbocycles. The highest BCUT2D eigenvalue weighted by molar-refractivity contribution is 5.94. The van der Waals surface area contributed by atoms with Gasteiger partial charge in [0.25, 0.3) is 5.91 Å². The lowest BCUT2D eigenvalue weighted by Crippen LogP contribution is -2.36. The van der Waals surface area contributed by atoms with Crippen molar-refractivity contribution in [3.05, 3.63) is 48.1 Å². The predicted octanol–water partition coefficient (Wildman–Crippen LogP) is 1.73. The minimum atomic E-state index is -0.605. The van der Waals surface area contributed by atoms with Crippen LogP contribution in [0.4, 0.5) is 4.39 Å². The van der Waals surface area contributed by atoms with Gasteiger partial charge in [-0.05, 0) is 13.0 Å². The number of nitrogens with zero attached hydrogens (tertiary/aromatic N) is 4. The van der Waals surface area contributed by atoms with Crippen LogP contribution in [0.3, 0.4) is 0 Å². The molecule has 0 N–H and O–H groups in total. The molecule has 6 nitrogen and oxygen atoms in total. The summed E-state index contributed by atoms with van der Waals surface area (Å²) in [4.78, 5) is 22.3. The van der Waals surface area contributed by atoms with E-state index in [1.54, 1.807) is 11.1 Å². The molecule has 0 saturated heterocycles. The average Bonchev–Trinajstić information content (AvgIpc) is 2.91. The fraction of sp³-hybridized carbons (Fsp3) is 0.438. The van der Waals surface area contributed by atoms with Crippen molar-refractivity contribution in [2.75, 3.05) is 19.8 Å². The van der Waals surface area contributed by atoms with Crippen molar-refractivity contribution < 1.29 is 13.9 Å². The molecule has 0 spiro atoms. The SMILES string of the molecule is CCOC[C@H]1CN(C(=O)c2ccncc2F)Cc2nccn2C1. The number of ether oxygens (including phenoxy) is 1. The van der Waals surface area contributed by atoms with Crippen molar-refractivity contribution in [2.24, 2.45) is 5.92 Å². The minimum Gasteiger partial charge on any atom is -0.381 e. The summed E-state index contributed by atoms with van der Waals surface area (Å²) in [5.41, 5.74) is 0.0372. The van der Waals surface area contributed by atoms with Gasteiger partial charge in [0.15, 0.2) is 5.82 Å². The van der Waals surface area contributed by atoms with Gasteiger partial charge in [-0.3, -0.25) is 9.78 Å². The van der Waals surface area contributed by atoms with Crippen LogP contribution in [0.25, 0.3) is 0 Å². The average molecular weight is 318 g/mol. The summed E-state index contributed by atoms with van der Waals surface area (Å²) in [5.74, 6) is -0.0136. The summed E-state index contributed by atoms with van der Waals surface area (Å²) in [6.45, 7) is 4.71. The molecule has 1 atom stereocenters. The standard InChI is InChI=1S/C16H19FN4O2/c1-2-23-11-12-8-20-6-5-19-15(20)10-21(9-12)16(22)13-3-4-18-7-14(13)17/h3-7,12H,2,8-11H2,1H3/t12-/m1/s1. The van der Waals surface area contributed by atoms with Crippen LogP contribution in [0.15, 0.2) is 30.9 Å². The van der Waals surface area contributed by atoms with Crippen LogP contribution < -0.4 is 0 Å². The highest BCUT2D eigenvalue weighted by atomic mass is 19.1. The Bertz CT molecular complexity index is 688. The lowest BCUT2D eigenvalue weighted by molar-refractivity contribution is 0.0614. The Morgan fingerprint density at radius 2 is 2.30 bits per heavy atom. The monoisotopic (exact) mass is 318 g/mol. The quantitative estimate of drug-likeness (QED) is 0.861. The second kappa shape index (κ2) is 6.87. The molecule has 2 aromatic rings. The summed E-state index contributed by atoms with van der Waals surface area (Å²) < 4.78 is 21.4.